The lowest BCUT2D eigenvalue weighted by atomic mass is 10.0. The van der Waals surface area contributed by atoms with Gasteiger partial charge in [-0.2, -0.15) is 0 Å². The molecule has 0 aliphatic heterocycles. The number of hydrogen-bond donors (Lipinski definition) is 0. The van der Waals surface area contributed by atoms with Gasteiger partial charge < -0.3 is 0 Å². The number of aromatic nitrogens is 1. The molecule has 0 aliphatic rings. The van der Waals surface area contributed by atoms with E-state index in [9.17, 15) is 0 Å². The Morgan fingerprint density at radius 2 is 2.00 bits per heavy atom. The van der Waals surface area contributed by atoms with Gasteiger partial charge in [0.2, 0.25) is 0 Å². The van der Waals surface area contributed by atoms with Gasteiger partial charge in [-0.3, -0.25) is 4.98 Å². The smallest absolute Gasteiger partial charge is 0.0643 e. The summed E-state index contributed by atoms with van der Waals surface area (Å²) in [5, 5.41) is -0.0438. The van der Waals surface area contributed by atoms with Crippen molar-refractivity contribution in [3.8, 4) is 0 Å². The van der Waals surface area contributed by atoms with Crippen molar-refractivity contribution in [3.05, 3.63) is 63.4 Å². The fourth-order valence-corrected chi connectivity index (χ4v) is 2.63. The SMILES string of the molecule is Cc1ccc(CC(Cl)c2cc(Br)ccc2C)nc1. The van der Waals surface area contributed by atoms with Crippen LogP contribution in [0.3, 0.4) is 0 Å². The molecule has 1 aromatic carbocycles. The second kappa shape index (κ2) is 5.85. The van der Waals surface area contributed by atoms with E-state index in [1.54, 1.807) is 0 Å². The van der Waals surface area contributed by atoms with Crippen LogP contribution in [0.1, 0.15) is 27.8 Å². The van der Waals surface area contributed by atoms with Crippen molar-refractivity contribution < 1.29 is 0 Å². The van der Waals surface area contributed by atoms with E-state index in [0.717, 1.165) is 22.2 Å². The summed E-state index contributed by atoms with van der Waals surface area (Å²) in [6, 6.07) is 10.3. The molecule has 0 radical (unpaired) electrons. The number of pyridine rings is 1. The monoisotopic (exact) mass is 323 g/mol. The van der Waals surface area contributed by atoms with Crippen LogP contribution in [0.4, 0.5) is 0 Å². The molecular weight excluding hydrogens is 310 g/mol. The lowest BCUT2D eigenvalue weighted by molar-refractivity contribution is 0.871. The first-order valence-electron chi connectivity index (χ1n) is 5.88. The Morgan fingerprint density at radius 1 is 1.22 bits per heavy atom. The zero-order valence-corrected chi connectivity index (χ0v) is 12.8. The van der Waals surface area contributed by atoms with Crippen LogP contribution in [0, 0.1) is 13.8 Å². The zero-order valence-electron chi connectivity index (χ0n) is 10.5. The molecule has 18 heavy (non-hydrogen) atoms. The van der Waals surface area contributed by atoms with Gasteiger partial charge in [0.05, 0.1) is 5.38 Å². The van der Waals surface area contributed by atoms with E-state index < -0.39 is 0 Å². The van der Waals surface area contributed by atoms with Crippen molar-refractivity contribution in [2.75, 3.05) is 0 Å². The molecule has 0 fully saturated rings. The van der Waals surface area contributed by atoms with E-state index in [0.29, 0.717) is 0 Å². The fourth-order valence-electron chi connectivity index (χ4n) is 1.86. The highest BCUT2D eigenvalue weighted by Crippen LogP contribution is 2.29. The Bertz CT molecular complexity index is 537. The molecule has 0 spiro atoms. The zero-order chi connectivity index (χ0) is 13.1. The van der Waals surface area contributed by atoms with E-state index in [4.69, 9.17) is 11.6 Å². The van der Waals surface area contributed by atoms with E-state index in [1.807, 2.05) is 25.3 Å². The first kappa shape index (κ1) is 13.6. The molecular formula is C15H15BrClN. The van der Waals surface area contributed by atoms with Crippen LogP contribution in [-0.2, 0) is 6.42 Å². The number of alkyl halides is 1. The van der Waals surface area contributed by atoms with Crippen molar-refractivity contribution >= 4 is 27.5 Å². The molecule has 94 valence electrons. The third-order valence-electron chi connectivity index (χ3n) is 2.94. The summed E-state index contributed by atoms with van der Waals surface area (Å²) in [7, 11) is 0. The lowest BCUT2D eigenvalue weighted by Gasteiger charge is -2.13. The van der Waals surface area contributed by atoms with Crippen molar-refractivity contribution in [1.29, 1.82) is 0 Å². The van der Waals surface area contributed by atoms with Gasteiger partial charge in [-0.1, -0.05) is 28.1 Å². The van der Waals surface area contributed by atoms with E-state index in [-0.39, 0.29) is 5.38 Å². The van der Waals surface area contributed by atoms with Crippen molar-refractivity contribution in [3.63, 3.8) is 0 Å². The maximum Gasteiger partial charge on any atom is 0.0643 e. The standard InChI is InChI=1S/C15H15BrClN/c1-10-3-6-13(18-9-10)8-15(17)14-7-12(16)5-4-11(14)2/h3-7,9,15H,8H2,1-2H3. The minimum Gasteiger partial charge on any atom is -0.261 e. The summed E-state index contributed by atoms with van der Waals surface area (Å²) >= 11 is 9.98. The fraction of sp³-hybridized carbons (Fsp3) is 0.267. The van der Waals surface area contributed by atoms with Crippen LogP contribution in [0.25, 0.3) is 0 Å². The van der Waals surface area contributed by atoms with Gasteiger partial charge in [-0.25, -0.2) is 0 Å². The molecule has 1 atom stereocenters. The molecule has 0 amide bonds. The lowest BCUT2D eigenvalue weighted by Crippen LogP contribution is -2.00. The molecule has 0 saturated heterocycles. The Morgan fingerprint density at radius 3 is 2.67 bits per heavy atom. The van der Waals surface area contributed by atoms with Crippen molar-refractivity contribution in [2.24, 2.45) is 0 Å². The summed E-state index contributed by atoms with van der Waals surface area (Å²) in [4.78, 5) is 4.40. The van der Waals surface area contributed by atoms with Crippen LogP contribution in [0.5, 0.6) is 0 Å². The maximum atomic E-state index is 6.50. The molecule has 2 aromatic rings. The normalized spacial score (nSPS) is 12.4. The van der Waals surface area contributed by atoms with Crippen LogP contribution in [0.2, 0.25) is 0 Å². The van der Waals surface area contributed by atoms with Gasteiger partial charge in [-0.05, 0) is 48.7 Å². The first-order chi connectivity index (χ1) is 8.56. The summed E-state index contributed by atoms with van der Waals surface area (Å²) in [5.74, 6) is 0. The highest BCUT2D eigenvalue weighted by atomic mass is 79.9. The number of rotatable bonds is 3. The molecule has 0 bridgehead atoms. The highest BCUT2D eigenvalue weighted by molar-refractivity contribution is 9.10. The number of benzene rings is 1. The second-order valence-corrected chi connectivity index (χ2v) is 5.94. The Balaban J connectivity index is 2.18. The largest absolute Gasteiger partial charge is 0.261 e. The minimum absolute atomic E-state index is 0.0438. The van der Waals surface area contributed by atoms with Crippen molar-refractivity contribution in [1.82, 2.24) is 4.98 Å². The topological polar surface area (TPSA) is 12.9 Å². The predicted molar refractivity (Wildman–Crippen MR) is 80.2 cm³/mol. The molecule has 2 rings (SSSR count). The second-order valence-electron chi connectivity index (χ2n) is 4.50. The predicted octanol–water partition coefficient (Wildman–Crippen LogP) is 4.98. The number of nitrogens with zero attached hydrogens (tertiary/aromatic N) is 1. The van der Waals surface area contributed by atoms with Gasteiger partial charge in [0.1, 0.15) is 0 Å². The number of halogens is 2. The van der Waals surface area contributed by atoms with E-state index in [1.165, 1.54) is 11.1 Å². The van der Waals surface area contributed by atoms with Crippen molar-refractivity contribution in [2.45, 2.75) is 25.6 Å². The van der Waals surface area contributed by atoms with Crippen LogP contribution >= 0.6 is 27.5 Å². The Hall–Kier alpha value is -0.860. The van der Waals surface area contributed by atoms with Gasteiger partial charge in [-0.15, -0.1) is 11.6 Å². The number of hydrogen-bond acceptors (Lipinski definition) is 1. The van der Waals surface area contributed by atoms with Gasteiger partial charge in [0.25, 0.3) is 0 Å². The Kier molecular flexibility index (Phi) is 4.41. The molecule has 1 unspecified atom stereocenters. The minimum atomic E-state index is -0.0438. The number of aryl methyl sites for hydroxylation is 2. The molecule has 1 nitrogen and oxygen atoms in total. The van der Waals surface area contributed by atoms with Crippen LogP contribution in [0.15, 0.2) is 41.0 Å². The van der Waals surface area contributed by atoms with Gasteiger partial charge in [0.15, 0.2) is 0 Å². The first-order valence-corrected chi connectivity index (χ1v) is 7.11. The summed E-state index contributed by atoms with van der Waals surface area (Å²) in [6.45, 7) is 4.12. The average Bonchev–Trinajstić information content (AvgIpc) is 2.35. The van der Waals surface area contributed by atoms with Crippen LogP contribution in [-0.4, -0.2) is 4.98 Å². The Labute approximate surface area is 121 Å². The average molecular weight is 325 g/mol. The quantitative estimate of drug-likeness (QED) is 0.725. The molecule has 0 N–H and O–H groups in total. The van der Waals surface area contributed by atoms with Gasteiger partial charge in [0, 0.05) is 22.8 Å². The molecule has 1 aromatic heterocycles. The van der Waals surface area contributed by atoms with Crippen LogP contribution < -0.4 is 0 Å². The highest BCUT2D eigenvalue weighted by Gasteiger charge is 2.12. The molecule has 0 aliphatic carbocycles. The summed E-state index contributed by atoms with van der Waals surface area (Å²) in [5.41, 5.74) is 4.57. The van der Waals surface area contributed by atoms with E-state index in [2.05, 4.69) is 46.0 Å². The van der Waals surface area contributed by atoms with Gasteiger partial charge >= 0.3 is 0 Å². The maximum absolute atomic E-state index is 6.50. The third-order valence-corrected chi connectivity index (χ3v) is 3.82. The molecule has 0 saturated carbocycles. The summed E-state index contributed by atoms with van der Waals surface area (Å²) in [6.07, 6.45) is 2.63. The third kappa shape index (κ3) is 3.33. The summed E-state index contributed by atoms with van der Waals surface area (Å²) < 4.78 is 1.06. The molecule has 3 heteroatoms. The van der Waals surface area contributed by atoms with E-state index >= 15 is 0 Å². The molecule has 1 heterocycles.